The zero-order valence-electron chi connectivity index (χ0n) is 12.0. The summed E-state index contributed by atoms with van der Waals surface area (Å²) in [4.78, 5) is 5.93. The summed E-state index contributed by atoms with van der Waals surface area (Å²) in [5.74, 6) is 0. The highest BCUT2D eigenvalue weighted by molar-refractivity contribution is 7.11. The minimum Gasteiger partial charge on any atom is -0.309 e. The predicted octanol–water partition coefficient (Wildman–Crippen LogP) is 4.25. The van der Waals surface area contributed by atoms with Crippen molar-refractivity contribution in [2.75, 3.05) is 0 Å². The van der Waals surface area contributed by atoms with Crippen molar-refractivity contribution in [1.29, 1.82) is 0 Å². The quantitative estimate of drug-likeness (QED) is 0.827. The molecule has 1 heterocycles. The fraction of sp³-hybridized carbons (Fsp3) is 0.800. The van der Waals surface area contributed by atoms with Crippen LogP contribution in [0.25, 0.3) is 0 Å². The number of hydrogen-bond acceptors (Lipinski definition) is 3. The van der Waals surface area contributed by atoms with E-state index in [1.54, 1.807) is 0 Å². The number of rotatable bonds is 3. The molecule has 2 nitrogen and oxygen atoms in total. The van der Waals surface area contributed by atoms with Crippen LogP contribution in [0.1, 0.15) is 69.2 Å². The first-order valence-corrected chi connectivity index (χ1v) is 8.06. The molecule has 0 aromatic carbocycles. The summed E-state index contributed by atoms with van der Waals surface area (Å²) < 4.78 is 0. The fourth-order valence-corrected chi connectivity index (χ4v) is 3.39. The summed E-state index contributed by atoms with van der Waals surface area (Å²) in [6.07, 6.45) is 10.4. The van der Waals surface area contributed by atoms with Gasteiger partial charge in [0.1, 0.15) is 0 Å². The summed E-state index contributed by atoms with van der Waals surface area (Å²) in [7, 11) is 0. The fourth-order valence-electron chi connectivity index (χ4n) is 2.46. The van der Waals surface area contributed by atoms with Gasteiger partial charge in [-0.3, -0.25) is 0 Å². The maximum absolute atomic E-state index is 4.55. The molecule has 0 saturated heterocycles. The Morgan fingerprint density at radius 2 is 1.89 bits per heavy atom. The predicted molar refractivity (Wildman–Crippen MR) is 79.1 cm³/mol. The lowest BCUT2D eigenvalue weighted by Crippen LogP contribution is -2.27. The Bertz CT molecular complexity index is 357. The largest absolute Gasteiger partial charge is 0.309 e. The lowest BCUT2D eigenvalue weighted by atomic mass is 9.98. The van der Waals surface area contributed by atoms with Gasteiger partial charge in [-0.1, -0.05) is 46.5 Å². The van der Waals surface area contributed by atoms with E-state index in [0.29, 0.717) is 0 Å². The standard InChI is InChI=1S/C15H26N2S/c1-15(2,3)14-17-11-13(18-14)10-16-12-8-6-4-5-7-9-12/h11-12,16H,4-10H2,1-3H3. The summed E-state index contributed by atoms with van der Waals surface area (Å²) in [6.45, 7) is 7.69. The molecule has 0 aliphatic heterocycles. The second-order valence-corrected chi connectivity index (χ2v) is 7.57. The Balaban J connectivity index is 1.84. The highest BCUT2D eigenvalue weighted by Crippen LogP contribution is 2.27. The van der Waals surface area contributed by atoms with E-state index in [-0.39, 0.29) is 5.41 Å². The molecule has 1 saturated carbocycles. The van der Waals surface area contributed by atoms with Crippen LogP contribution in [0.15, 0.2) is 6.20 Å². The Labute approximate surface area is 115 Å². The third-order valence-corrected chi connectivity index (χ3v) is 5.04. The SMILES string of the molecule is CC(C)(C)c1ncc(CNC2CCCCCC2)s1. The second kappa shape index (κ2) is 6.16. The molecule has 102 valence electrons. The average Bonchev–Trinajstić information content (AvgIpc) is 2.64. The van der Waals surface area contributed by atoms with Crippen LogP contribution in [0, 0.1) is 0 Å². The van der Waals surface area contributed by atoms with E-state index in [0.717, 1.165) is 12.6 Å². The molecular formula is C15H26N2S. The van der Waals surface area contributed by atoms with Crippen LogP contribution in [-0.2, 0) is 12.0 Å². The van der Waals surface area contributed by atoms with Gasteiger partial charge >= 0.3 is 0 Å². The Morgan fingerprint density at radius 1 is 1.22 bits per heavy atom. The Hall–Kier alpha value is -0.410. The smallest absolute Gasteiger partial charge is 0.0981 e. The van der Waals surface area contributed by atoms with Crippen LogP contribution >= 0.6 is 11.3 Å². The summed E-state index contributed by atoms with van der Waals surface area (Å²) in [5.41, 5.74) is 0.186. The van der Waals surface area contributed by atoms with Gasteiger partial charge in [0, 0.05) is 29.1 Å². The lowest BCUT2D eigenvalue weighted by Gasteiger charge is -2.15. The van der Waals surface area contributed by atoms with Crippen molar-refractivity contribution in [3.63, 3.8) is 0 Å². The maximum atomic E-state index is 4.55. The molecule has 3 heteroatoms. The van der Waals surface area contributed by atoms with Gasteiger partial charge in [0.25, 0.3) is 0 Å². The van der Waals surface area contributed by atoms with E-state index in [9.17, 15) is 0 Å². The normalized spacial score (nSPS) is 18.8. The van der Waals surface area contributed by atoms with Gasteiger partial charge in [0.05, 0.1) is 5.01 Å². The van der Waals surface area contributed by atoms with Gasteiger partial charge < -0.3 is 5.32 Å². The van der Waals surface area contributed by atoms with Crippen molar-refractivity contribution in [2.45, 2.75) is 77.3 Å². The van der Waals surface area contributed by atoms with Crippen molar-refractivity contribution in [3.05, 3.63) is 16.1 Å². The van der Waals surface area contributed by atoms with Crippen LogP contribution in [0.2, 0.25) is 0 Å². The molecule has 0 amide bonds. The molecule has 0 spiro atoms. The molecule has 1 aliphatic rings. The maximum Gasteiger partial charge on any atom is 0.0981 e. The van der Waals surface area contributed by atoms with Gasteiger partial charge in [-0.2, -0.15) is 0 Å². The van der Waals surface area contributed by atoms with Gasteiger partial charge in [-0.05, 0) is 12.8 Å². The first-order chi connectivity index (χ1) is 8.55. The van der Waals surface area contributed by atoms with Crippen LogP contribution < -0.4 is 5.32 Å². The number of nitrogens with zero attached hydrogens (tertiary/aromatic N) is 1. The molecule has 2 rings (SSSR count). The van der Waals surface area contributed by atoms with E-state index < -0.39 is 0 Å². The molecule has 0 unspecified atom stereocenters. The summed E-state index contributed by atoms with van der Waals surface area (Å²) >= 11 is 1.86. The molecular weight excluding hydrogens is 240 g/mol. The molecule has 0 atom stereocenters. The van der Waals surface area contributed by atoms with Gasteiger partial charge in [0.2, 0.25) is 0 Å². The summed E-state index contributed by atoms with van der Waals surface area (Å²) in [6, 6.07) is 0.729. The number of hydrogen-bond donors (Lipinski definition) is 1. The molecule has 1 N–H and O–H groups in total. The van der Waals surface area contributed by atoms with Crippen molar-refractivity contribution in [2.24, 2.45) is 0 Å². The zero-order valence-corrected chi connectivity index (χ0v) is 12.8. The summed E-state index contributed by atoms with van der Waals surface area (Å²) in [5, 5.41) is 4.96. The molecule has 1 fully saturated rings. The van der Waals surface area contributed by atoms with E-state index in [4.69, 9.17) is 0 Å². The third-order valence-electron chi connectivity index (χ3n) is 3.62. The van der Waals surface area contributed by atoms with Crippen molar-refractivity contribution in [1.82, 2.24) is 10.3 Å². The van der Waals surface area contributed by atoms with Crippen LogP contribution in [0.3, 0.4) is 0 Å². The van der Waals surface area contributed by atoms with E-state index in [1.807, 2.05) is 11.3 Å². The molecule has 0 radical (unpaired) electrons. The molecule has 1 aliphatic carbocycles. The topological polar surface area (TPSA) is 24.9 Å². The number of nitrogens with one attached hydrogen (secondary N) is 1. The monoisotopic (exact) mass is 266 g/mol. The van der Waals surface area contributed by atoms with Crippen LogP contribution in [-0.4, -0.2) is 11.0 Å². The minimum atomic E-state index is 0.186. The first kappa shape index (κ1) is 14.0. The number of thiazole rings is 1. The van der Waals surface area contributed by atoms with Crippen LogP contribution in [0.5, 0.6) is 0 Å². The molecule has 1 aromatic heterocycles. The molecule has 18 heavy (non-hydrogen) atoms. The molecule has 1 aromatic rings. The highest BCUT2D eigenvalue weighted by Gasteiger charge is 2.18. The molecule has 0 bridgehead atoms. The highest BCUT2D eigenvalue weighted by atomic mass is 32.1. The number of aromatic nitrogens is 1. The van der Waals surface area contributed by atoms with Gasteiger partial charge in [0.15, 0.2) is 0 Å². The van der Waals surface area contributed by atoms with Gasteiger partial charge in [-0.25, -0.2) is 4.98 Å². The third kappa shape index (κ3) is 4.06. The minimum absolute atomic E-state index is 0.186. The Morgan fingerprint density at radius 3 is 2.44 bits per heavy atom. The average molecular weight is 266 g/mol. The van der Waals surface area contributed by atoms with E-state index in [2.05, 4.69) is 37.3 Å². The zero-order chi connectivity index (χ0) is 13.0. The second-order valence-electron chi connectivity index (χ2n) is 6.45. The van der Waals surface area contributed by atoms with Crippen molar-refractivity contribution in [3.8, 4) is 0 Å². The van der Waals surface area contributed by atoms with Gasteiger partial charge in [-0.15, -0.1) is 11.3 Å². The van der Waals surface area contributed by atoms with E-state index >= 15 is 0 Å². The van der Waals surface area contributed by atoms with Crippen LogP contribution in [0.4, 0.5) is 0 Å². The first-order valence-electron chi connectivity index (χ1n) is 7.24. The van der Waals surface area contributed by atoms with Crippen molar-refractivity contribution >= 4 is 11.3 Å². The Kier molecular flexibility index (Phi) is 4.79. The van der Waals surface area contributed by atoms with E-state index in [1.165, 1.54) is 48.4 Å². The van der Waals surface area contributed by atoms with Crippen molar-refractivity contribution < 1.29 is 0 Å². The lowest BCUT2D eigenvalue weighted by molar-refractivity contribution is 0.461.